The van der Waals surface area contributed by atoms with E-state index in [-0.39, 0.29) is 23.9 Å². The van der Waals surface area contributed by atoms with E-state index in [9.17, 15) is 14.9 Å². The van der Waals surface area contributed by atoms with Gasteiger partial charge in [0, 0.05) is 4.88 Å². The number of carbonyl (C=O) groups excluding carboxylic acids is 1. The summed E-state index contributed by atoms with van der Waals surface area (Å²) in [5.41, 5.74) is 0.0705. The molecule has 0 bridgehead atoms. The minimum atomic E-state index is -0.972. The summed E-state index contributed by atoms with van der Waals surface area (Å²) in [4.78, 5) is 33.6. The Morgan fingerprint density at radius 2 is 2.24 bits per heavy atom. The fraction of sp³-hybridized carbons (Fsp3) is 0.520. The SMILES string of the molecule is CC1CCc2c(sc3nc(SC(C)C(=O)NC(C)(C#N)C(C)C)n(Cc4ccco4)c(=O)c23)C1. The average Bonchev–Trinajstić information content (AvgIpc) is 3.43. The molecule has 0 aromatic carbocycles. The summed E-state index contributed by atoms with van der Waals surface area (Å²) in [6, 6.07) is 5.83. The minimum absolute atomic E-state index is 0.0508. The lowest BCUT2D eigenvalue weighted by molar-refractivity contribution is -0.121. The van der Waals surface area contributed by atoms with Crippen molar-refractivity contribution in [3.8, 4) is 6.07 Å². The first-order chi connectivity index (χ1) is 16.1. The quantitative estimate of drug-likeness (QED) is 0.372. The monoisotopic (exact) mass is 498 g/mol. The van der Waals surface area contributed by atoms with Gasteiger partial charge < -0.3 is 9.73 Å². The Labute approximate surface area is 207 Å². The molecule has 180 valence electrons. The van der Waals surface area contributed by atoms with Crippen LogP contribution in [-0.4, -0.2) is 26.2 Å². The first-order valence-electron chi connectivity index (χ1n) is 11.6. The highest BCUT2D eigenvalue weighted by molar-refractivity contribution is 8.00. The molecule has 3 heterocycles. The number of hydrogen-bond donors (Lipinski definition) is 1. The zero-order chi connectivity index (χ0) is 24.6. The standard InChI is InChI=1S/C25H30N4O3S2/c1-14(2)25(5,13-26)28-21(30)16(4)33-24-27-22-20(18-9-8-15(3)11-19(18)34-22)23(31)29(24)12-17-7-6-10-32-17/h6-7,10,14-16H,8-9,11-12H2,1-5H3,(H,28,30). The number of amides is 1. The topological polar surface area (TPSA) is 101 Å². The molecule has 0 aliphatic heterocycles. The molecule has 0 radical (unpaired) electrons. The number of thioether (sulfide) groups is 1. The summed E-state index contributed by atoms with van der Waals surface area (Å²) in [5, 5.41) is 13.1. The Bertz CT molecular complexity index is 1300. The summed E-state index contributed by atoms with van der Waals surface area (Å²) < 4.78 is 7.14. The molecule has 3 unspecified atom stereocenters. The van der Waals surface area contributed by atoms with Gasteiger partial charge in [0.1, 0.15) is 16.1 Å². The number of thiophene rings is 1. The van der Waals surface area contributed by atoms with Crippen LogP contribution in [-0.2, 0) is 24.2 Å². The third-order valence-electron chi connectivity index (χ3n) is 6.70. The lowest BCUT2D eigenvalue weighted by atomic mass is 9.89. The van der Waals surface area contributed by atoms with E-state index in [2.05, 4.69) is 18.3 Å². The maximum atomic E-state index is 13.7. The first-order valence-corrected chi connectivity index (χ1v) is 13.3. The van der Waals surface area contributed by atoms with Gasteiger partial charge >= 0.3 is 0 Å². The predicted molar refractivity (Wildman–Crippen MR) is 135 cm³/mol. The van der Waals surface area contributed by atoms with Crippen LogP contribution in [0.4, 0.5) is 0 Å². The van der Waals surface area contributed by atoms with E-state index in [1.54, 1.807) is 42.1 Å². The summed E-state index contributed by atoms with van der Waals surface area (Å²) >= 11 is 2.83. The third-order valence-corrected chi connectivity index (χ3v) is 8.93. The van der Waals surface area contributed by atoms with E-state index < -0.39 is 10.8 Å². The van der Waals surface area contributed by atoms with Crippen molar-refractivity contribution in [2.24, 2.45) is 11.8 Å². The molecule has 1 aliphatic rings. The van der Waals surface area contributed by atoms with Crippen molar-refractivity contribution < 1.29 is 9.21 Å². The second-order valence-corrected chi connectivity index (χ2v) is 12.0. The maximum absolute atomic E-state index is 13.7. The Balaban J connectivity index is 1.73. The molecule has 34 heavy (non-hydrogen) atoms. The Morgan fingerprint density at radius 1 is 1.47 bits per heavy atom. The van der Waals surface area contributed by atoms with Gasteiger partial charge in [0.2, 0.25) is 5.91 Å². The van der Waals surface area contributed by atoms with Gasteiger partial charge in [-0.2, -0.15) is 5.26 Å². The molecule has 7 nitrogen and oxygen atoms in total. The molecule has 9 heteroatoms. The first kappa shape index (κ1) is 24.6. The van der Waals surface area contributed by atoms with E-state index in [4.69, 9.17) is 9.40 Å². The number of nitriles is 1. The largest absolute Gasteiger partial charge is 0.467 e. The highest BCUT2D eigenvalue weighted by atomic mass is 32.2. The van der Waals surface area contributed by atoms with Gasteiger partial charge in [0.15, 0.2) is 5.16 Å². The molecule has 0 spiro atoms. The summed E-state index contributed by atoms with van der Waals surface area (Å²) in [6.45, 7) is 9.78. The van der Waals surface area contributed by atoms with Crippen molar-refractivity contribution in [1.29, 1.82) is 5.26 Å². The second kappa shape index (κ2) is 9.59. The number of fused-ring (bicyclic) bond motifs is 3. The van der Waals surface area contributed by atoms with Crippen LogP contribution in [0.2, 0.25) is 0 Å². The molecule has 3 aromatic heterocycles. The molecular weight excluding hydrogens is 468 g/mol. The average molecular weight is 499 g/mol. The van der Waals surface area contributed by atoms with Crippen LogP contribution in [0.3, 0.4) is 0 Å². The van der Waals surface area contributed by atoms with Crippen molar-refractivity contribution in [1.82, 2.24) is 14.9 Å². The lowest BCUT2D eigenvalue weighted by Crippen LogP contribution is -2.51. The van der Waals surface area contributed by atoms with Crippen LogP contribution >= 0.6 is 23.1 Å². The van der Waals surface area contributed by atoms with Gasteiger partial charge in [-0.15, -0.1) is 11.3 Å². The van der Waals surface area contributed by atoms with Crippen molar-refractivity contribution in [3.05, 3.63) is 45.0 Å². The van der Waals surface area contributed by atoms with E-state index in [1.807, 2.05) is 19.9 Å². The second-order valence-electron chi connectivity index (χ2n) is 9.62. The number of rotatable bonds is 7. The van der Waals surface area contributed by atoms with Crippen molar-refractivity contribution in [3.63, 3.8) is 0 Å². The van der Waals surface area contributed by atoms with E-state index in [0.29, 0.717) is 22.2 Å². The Morgan fingerprint density at radius 3 is 2.88 bits per heavy atom. The third kappa shape index (κ3) is 4.66. The van der Waals surface area contributed by atoms with Crippen molar-refractivity contribution >= 4 is 39.2 Å². The highest BCUT2D eigenvalue weighted by Gasteiger charge is 2.33. The molecule has 3 atom stereocenters. The van der Waals surface area contributed by atoms with Crippen molar-refractivity contribution in [2.45, 2.75) is 76.4 Å². The van der Waals surface area contributed by atoms with Gasteiger partial charge in [-0.3, -0.25) is 14.2 Å². The molecular formula is C25H30N4O3S2. The van der Waals surface area contributed by atoms with Gasteiger partial charge in [0.25, 0.3) is 5.56 Å². The molecule has 1 N–H and O–H groups in total. The molecule has 1 amide bonds. The Kier molecular flexibility index (Phi) is 6.92. The molecule has 4 rings (SSSR count). The number of furan rings is 1. The zero-order valence-electron chi connectivity index (χ0n) is 20.2. The number of carbonyl (C=O) groups is 1. The van der Waals surface area contributed by atoms with Crippen LogP contribution in [0.5, 0.6) is 0 Å². The van der Waals surface area contributed by atoms with Crippen LogP contribution < -0.4 is 10.9 Å². The minimum Gasteiger partial charge on any atom is -0.467 e. The molecule has 0 fully saturated rings. The summed E-state index contributed by atoms with van der Waals surface area (Å²) in [6.07, 6.45) is 4.51. The fourth-order valence-electron chi connectivity index (χ4n) is 4.06. The van der Waals surface area contributed by atoms with Gasteiger partial charge in [0.05, 0.1) is 29.5 Å². The van der Waals surface area contributed by atoms with Crippen LogP contribution in [0.25, 0.3) is 10.2 Å². The summed E-state index contributed by atoms with van der Waals surface area (Å²) in [5.74, 6) is 0.932. The van der Waals surface area contributed by atoms with Gasteiger partial charge in [-0.05, 0) is 62.6 Å². The smallest absolute Gasteiger partial charge is 0.263 e. The summed E-state index contributed by atoms with van der Waals surface area (Å²) in [7, 11) is 0. The van der Waals surface area contributed by atoms with Crippen LogP contribution in [0, 0.1) is 23.2 Å². The van der Waals surface area contributed by atoms with Gasteiger partial charge in [-0.25, -0.2) is 4.98 Å². The normalized spacial score (nSPS) is 18.3. The zero-order valence-corrected chi connectivity index (χ0v) is 21.8. The number of aryl methyl sites for hydroxylation is 1. The predicted octanol–water partition coefficient (Wildman–Crippen LogP) is 4.76. The number of aromatic nitrogens is 2. The molecule has 0 saturated carbocycles. The maximum Gasteiger partial charge on any atom is 0.263 e. The number of hydrogen-bond acceptors (Lipinski definition) is 7. The van der Waals surface area contributed by atoms with E-state index in [1.165, 1.54) is 16.6 Å². The Hall–Kier alpha value is -2.57. The van der Waals surface area contributed by atoms with Crippen LogP contribution in [0.1, 0.15) is 57.2 Å². The van der Waals surface area contributed by atoms with E-state index in [0.717, 1.165) is 29.7 Å². The lowest BCUT2D eigenvalue weighted by Gasteiger charge is -2.28. The highest BCUT2D eigenvalue weighted by Crippen LogP contribution is 2.37. The number of nitrogens with one attached hydrogen (secondary N) is 1. The van der Waals surface area contributed by atoms with E-state index >= 15 is 0 Å². The number of nitrogens with zero attached hydrogens (tertiary/aromatic N) is 3. The van der Waals surface area contributed by atoms with Crippen molar-refractivity contribution in [2.75, 3.05) is 0 Å². The fourth-order valence-corrected chi connectivity index (χ4v) is 6.40. The molecule has 1 aliphatic carbocycles. The molecule has 3 aromatic rings. The molecule has 0 saturated heterocycles. The van der Waals surface area contributed by atoms with Crippen LogP contribution in [0.15, 0.2) is 32.8 Å². The van der Waals surface area contributed by atoms with Gasteiger partial charge in [-0.1, -0.05) is 32.5 Å².